The number of nitriles is 1. The second-order valence-corrected chi connectivity index (χ2v) is 5.42. The van der Waals surface area contributed by atoms with Crippen LogP contribution < -0.4 is 5.32 Å². The predicted octanol–water partition coefficient (Wildman–Crippen LogP) is 1.24. The number of hydrogen-bond donors (Lipinski definition) is 1. The fourth-order valence-electron chi connectivity index (χ4n) is 2.08. The van der Waals surface area contributed by atoms with Gasteiger partial charge >= 0.3 is 5.97 Å². The highest BCUT2D eigenvalue weighted by Crippen LogP contribution is 2.38. The average molecular weight is 294 g/mol. The van der Waals surface area contributed by atoms with Gasteiger partial charge in [0.1, 0.15) is 17.7 Å². The quantitative estimate of drug-likeness (QED) is 0.825. The van der Waals surface area contributed by atoms with Crippen molar-refractivity contribution in [1.29, 1.82) is 5.26 Å². The molecule has 1 aromatic rings. The van der Waals surface area contributed by atoms with Crippen molar-refractivity contribution in [2.24, 2.45) is 0 Å². The maximum Gasteiger partial charge on any atom is 0.332 e. The van der Waals surface area contributed by atoms with E-state index in [1.54, 1.807) is 0 Å². The minimum Gasteiger partial charge on any atom is -0.454 e. The average Bonchev–Trinajstić information content (AvgIpc) is 2.97. The van der Waals surface area contributed by atoms with E-state index in [1.165, 1.54) is 18.4 Å². The Kier molecular flexibility index (Phi) is 4.71. The van der Waals surface area contributed by atoms with E-state index in [0.29, 0.717) is 10.6 Å². The topological polar surface area (TPSA) is 88.4 Å². The number of carbonyl (C=O) groups is 2. The van der Waals surface area contributed by atoms with Crippen molar-refractivity contribution < 1.29 is 19.1 Å². The summed E-state index contributed by atoms with van der Waals surface area (Å²) >= 11 is 1.43. The van der Waals surface area contributed by atoms with Crippen molar-refractivity contribution in [3.05, 3.63) is 16.0 Å². The summed E-state index contributed by atoms with van der Waals surface area (Å²) in [6, 6.07) is 2.13. The number of nitrogens with zero attached hydrogens (tertiary/aromatic N) is 1. The zero-order valence-electron chi connectivity index (χ0n) is 11.0. The Hall–Kier alpha value is -1.91. The van der Waals surface area contributed by atoms with Crippen molar-refractivity contribution in [2.45, 2.75) is 19.3 Å². The number of hydrogen-bond acceptors (Lipinski definition) is 6. The van der Waals surface area contributed by atoms with Crippen molar-refractivity contribution in [3.8, 4) is 6.07 Å². The Morgan fingerprint density at radius 3 is 2.90 bits per heavy atom. The van der Waals surface area contributed by atoms with Gasteiger partial charge in [-0.3, -0.25) is 4.79 Å². The first-order chi connectivity index (χ1) is 9.65. The normalized spacial score (nSPS) is 12.6. The lowest BCUT2D eigenvalue weighted by Gasteiger charge is -2.05. The maximum absolute atomic E-state index is 11.7. The molecule has 0 unspecified atom stereocenters. The molecule has 106 valence electrons. The maximum atomic E-state index is 11.7. The van der Waals surface area contributed by atoms with E-state index in [4.69, 9.17) is 4.74 Å². The van der Waals surface area contributed by atoms with E-state index in [9.17, 15) is 14.9 Å². The second kappa shape index (κ2) is 6.50. The molecule has 1 N–H and O–H groups in total. The Balaban J connectivity index is 1.95. The van der Waals surface area contributed by atoms with E-state index < -0.39 is 11.9 Å². The number of rotatable bonds is 5. The number of carbonyl (C=O) groups excluding carboxylic acids is 2. The van der Waals surface area contributed by atoms with E-state index in [1.807, 2.05) is 0 Å². The first-order valence-electron chi connectivity index (χ1n) is 6.14. The number of nitrogens with one attached hydrogen (secondary N) is 1. The molecule has 1 aliphatic carbocycles. The molecule has 20 heavy (non-hydrogen) atoms. The van der Waals surface area contributed by atoms with Gasteiger partial charge in [0, 0.05) is 12.0 Å². The van der Waals surface area contributed by atoms with Gasteiger partial charge in [0.2, 0.25) is 0 Å². The van der Waals surface area contributed by atoms with E-state index in [-0.39, 0.29) is 13.2 Å². The second-order valence-electron chi connectivity index (χ2n) is 4.32. The van der Waals surface area contributed by atoms with Gasteiger partial charge in [-0.2, -0.15) is 5.26 Å². The van der Waals surface area contributed by atoms with Crippen molar-refractivity contribution in [2.75, 3.05) is 25.6 Å². The third-order valence-corrected chi connectivity index (χ3v) is 4.12. The molecular formula is C13H14N2O4S. The van der Waals surface area contributed by atoms with Crippen LogP contribution in [-0.4, -0.2) is 32.2 Å². The Morgan fingerprint density at radius 1 is 1.40 bits per heavy atom. The summed E-state index contributed by atoms with van der Waals surface area (Å²) in [5.74, 6) is -1.05. The van der Waals surface area contributed by atoms with Crippen LogP contribution in [0.2, 0.25) is 0 Å². The van der Waals surface area contributed by atoms with Crippen LogP contribution in [0.15, 0.2) is 0 Å². The van der Waals surface area contributed by atoms with Crippen LogP contribution in [0.4, 0.5) is 5.00 Å². The van der Waals surface area contributed by atoms with E-state index in [2.05, 4.69) is 16.1 Å². The molecule has 7 heteroatoms. The molecule has 0 bridgehead atoms. The molecule has 0 fully saturated rings. The van der Waals surface area contributed by atoms with Crippen LogP contribution >= 0.6 is 11.3 Å². The molecule has 0 aliphatic heterocycles. The third kappa shape index (κ3) is 3.15. The summed E-state index contributed by atoms with van der Waals surface area (Å²) in [6.45, 7) is -0.570. The highest BCUT2D eigenvalue weighted by molar-refractivity contribution is 7.16. The molecule has 0 saturated carbocycles. The number of esters is 1. The monoisotopic (exact) mass is 294 g/mol. The number of methoxy groups -OCH3 is 1. The third-order valence-electron chi connectivity index (χ3n) is 2.91. The Morgan fingerprint density at radius 2 is 2.20 bits per heavy atom. The molecule has 1 heterocycles. The Labute approximate surface area is 120 Å². The molecule has 0 aromatic carbocycles. The summed E-state index contributed by atoms with van der Waals surface area (Å²) in [4.78, 5) is 23.9. The summed E-state index contributed by atoms with van der Waals surface area (Å²) in [7, 11) is 1.37. The molecule has 2 rings (SSSR count). The van der Waals surface area contributed by atoms with Gasteiger partial charge in [-0.1, -0.05) is 0 Å². The van der Waals surface area contributed by atoms with Gasteiger partial charge in [0.25, 0.3) is 5.91 Å². The predicted molar refractivity (Wildman–Crippen MR) is 72.5 cm³/mol. The van der Waals surface area contributed by atoms with Crippen LogP contribution in [0.25, 0.3) is 0 Å². The molecule has 0 saturated heterocycles. The minimum absolute atomic E-state index is 0.190. The van der Waals surface area contributed by atoms with Crippen LogP contribution in [0.5, 0.6) is 0 Å². The minimum atomic E-state index is -0.600. The van der Waals surface area contributed by atoms with Crippen LogP contribution in [0, 0.1) is 11.3 Å². The molecule has 1 amide bonds. The fraction of sp³-hybridized carbons (Fsp3) is 0.462. The van der Waals surface area contributed by atoms with Gasteiger partial charge < -0.3 is 14.8 Å². The number of fused-ring (bicyclic) bond motifs is 1. The smallest absolute Gasteiger partial charge is 0.332 e. The van der Waals surface area contributed by atoms with Crippen LogP contribution in [-0.2, 0) is 31.9 Å². The number of amides is 1. The van der Waals surface area contributed by atoms with Crippen molar-refractivity contribution in [1.82, 2.24) is 0 Å². The SMILES string of the molecule is COCC(=O)OCC(=O)Nc1sc2c(c1C#N)CCC2. The summed E-state index contributed by atoms with van der Waals surface area (Å²) < 4.78 is 9.30. The first kappa shape index (κ1) is 14.5. The number of anilines is 1. The van der Waals surface area contributed by atoms with Crippen LogP contribution in [0.3, 0.4) is 0 Å². The zero-order chi connectivity index (χ0) is 14.5. The summed E-state index contributed by atoms with van der Waals surface area (Å²) in [6.07, 6.45) is 2.89. The number of thiophene rings is 1. The van der Waals surface area contributed by atoms with Gasteiger partial charge in [0.05, 0.1) is 5.56 Å². The van der Waals surface area contributed by atoms with Gasteiger partial charge in [0.15, 0.2) is 6.61 Å². The van der Waals surface area contributed by atoms with E-state index in [0.717, 1.165) is 29.7 Å². The molecule has 1 aromatic heterocycles. The lowest BCUT2D eigenvalue weighted by atomic mass is 10.1. The zero-order valence-corrected chi connectivity index (χ0v) is 11.8. The molecule has 0 radical (unpaired) electrons. The van der Waals surface area contributed by atoms with Crippen molar-refractivity contribution >= 4 is 28.2 Å². The van der Waals surface area contributed by atoms with Gasteiger partial charge in [-0.25, -0.2) is 4.79 Å². The van der Waals surface area contributed by atoms with E-state index >= 15 is 0 Å². The Bertz CT molecular complexity index is 574. The van der Waals surface area contributed by atoms with Gasteiger partial charge in [-0.05, 0) is 24.8 Å². The summed E-state index contributed by atoms with van der Waals surface area (Å²) in [5, 5.41) is 12.3. The lowest BCUT2D eigenvalue weighted by Crippen LogP contribution is -2.22. The summed E-state index contributed by atoms with van der Waals surface area (Å²) in [5.41, 5.74) is 1.59. The number of aryl methyl sites for hydroxylation is 1. The standard InChI is InChI=1S/C13H14N2O4S/c1-18-7-12(17)19-6-11(16)15-13-9(5-14)8-3-2-4-10(8)20-13/h2-4,6-7H2,1H3,(H,15,16). The largest absolute Gasteiger partial charge is 0.454 e. The molecule has 6 nitrogen and oxygen atoms in total. The first-order valence-corrected chi connectivity index (χ1v) is 6.96. The highest BCUT2D eigenvalue weighted by atomic mass is 32.1. The van der Waals surface area contributed by atoms with Gasteiger partial charge in [-0.15, -0.1) is 11.3 Å². The molecule has 0 spiro atoms. The molecule has 1 aliphatic rings. The lowest BCUT2D eigenvalue weighted by molar-refractivity contribution is -0.150. The van der Waals surface area contributed by atoms with Crippen molar-refractivity contribution in [3.63, 3.8) is 0 Å². The number of ether oxygens (including phenoxy) is 2. The molecule has 0 atom stereocenters. The molecular weight excluding hydrogens is 280 g/mol. The van der Waals surface area contributed by atoms with Crippen LogP contribution in [0.1, 0.15) is 22.4 Å². The fourth-order valence-corrected chi connectivity index (χ4v) is 3.33. The highest BCUT2D eigenvalue weighted by Gasteiger charge is 2.23.